The SMILES string of the molecule is CCCC[C@H](O)/C=C\C/C=C\C/C=C\C/C=C\CCCC(=O)OC[C@H](COP(=O)(O)OP(=O)(O)OC[C@H]1O[C@@H](n2ccc(N)nc2=O)[C@H](O)[C@@H]1O)OC(=O)CCCCCCCCCCC(C)CC. The Hall–Kier alpha value is -3.32. The van der Waals surface area contributed by atoms with Crippen LogP contribution in [0.4, 0.5) is 5.82 Å². The van der Waals surface area contributed by atoms with Crippen LogP contribution in [0, 0.1) is 5.92 Å². The number of nitrogens with zero attached hydrogens (tertiary/aromatic N) is 2. The van der Waals surface area contributed by atoms with Crippen LogP contribution in [-0.4, -0.2) is 96.9 Å². The average Bonchev–Trinajstić information content (AvgIpc) is 3.57. The fraction of sp³-hybridized carbons (Fsp3) is 0.702. The molecule has 1 aromatic rings. The van der Waals surface area contributed by atoms with Gasteiger partial charge in [0.2, 0.25) is 0 Å². The predicted octanol–water partition coefficient (Wildman–Crippen LogP) is 8.21. The van der Waals surface area contributed by atoms with Gasteiger partial charge in [0, 0.05) is 19.0 Å². The topological polar surface area (TPSA) is 286 Å². The van der Waals surface area contributed by atoms with Crippen molar-refractivity contribution in [3.05, 3.63) is 71.4 Å². The number of hydrogen-bond donors (Lipinski definition) is 6. The second-order valence-corrected chi connectivity index (χ2v) is 20.1. The van der Waals surface area contributed by atoms with Gasteiger partial charge in [-0.1, -0.05) is 140 Å². The zero-order valence-electron chi connectivity index (χ0n) is 40.2. The van der Waals surface area contributed by atoms with Crippen LogP contribution in [0.2, 0.25) is 0 Å². The lowest BCUT2D eigenvalue weighted by Gasteiger charge is -2.21. The third-order valence-corrected chi connectivity index (χ3v) is 13.6. The summed E-state index contributed by atoms with van der Waals surface area (Å²) in [5, 5.41) is 30.7. The monoisotopic (exact) mass is 1000 g/mol. The molecule has 0 aliphatic carbocycles. The van der Waals surface area contributed by atoms with E-state index in [1.165, 1.54) is 38.2 Å². The van der Waals surface area contributed by atoms with Gasteiger partial charge in [0.25, 0.3) is 0 Å². The molecule has 68 heavy (non-hydrogen) atoms. The van der Waals surface area contributed by atoms with Crippen LogP contribution in [-0.2, 0) is 46.3 Å². The number of nitrogen functional groups attached to an aromatic ring is 1. The number of aromatic nitrogens is 2. The summed E-state index contributed by atoms with van der Waals surface area (Å²) >= 11 is 0. The number of phosphoric ester groups is 2. The minimum Gasteiger partial charge on any atom is -0.462 e. The number of phosphoric acid groups is 2. The maximum absolute atomic E-state index is 12.8. The number of aliphatic hydroxyl groups excluding tert-OH is 3. The van der Waals surface area contributed by atoms with Crippen LogP contribution in [0.3, 0.4) is 0 Å². The van der Waals surface area contributed by atoms with Crippen LogP contribution in [0.25, 0.3) is 0 Å². The Labute approximate surface area is 402 Å². The molecule has 9 atom stereocenters. The maximum Gasteiger partial charge on any atom is 0.481 e. The molecule has 1 saturated heterocycles. The summed E-state index contributed by atoms with van der Waals surface area (Å²) in [6.45, 7) is 4.20. The van der Waals surface area contributed by atoms with Crippen LogP contribution in [0.15, 0.2) is 65.7 Å². The quantitative estimate of drug-likeness (QED) is 0.0157. The highest BCUT2D eigenvalue weighted by Crippen LogP contribution is 2.60. The number of ether oxygens (including phenoxy) is 3. The predicted molar refractivity (Wildman–Crippen MR) is 258 cm³/mol. The highest BCUT2D eigenvalue weighted by molar-refractivity contribution is 7.61. The van der Waals surface area contributed by atoms with E-state index in [9.17, 15) is 48.6 Å². The second kappa shape index (κ2) is 34.9. The minimum atomic E-state index is -5.44. The lowest BCUT2D eigenvalue weighted by atomic mass is 9.99. The van der Waals surface area contributed by atoms with Crippen molar-refractivity contribution >= 4 is 33.4 Å². The molecule has 0 aromatic carbocycles. The summed E-state index contributed by atoms with van der Waals surface area (Å²) in [5.74, 6) is -0.639. The number of nitrogens with two attached hydrogens (primary N) is 1. The van der Waals surface area contributed by atoms with E-state index in [1.54, 1.807) is 0 Å². The molecule has 1 aromatic heterocycles. The van der Waals surface area contributed by atoms with Crippen LogP contribution < -0.4 is 11.4 Å². The van der Waals surface area contributed by atoms with E-state index >= 15 is 0 Å². The Morgan fingerprint density at radius 3 is 2.06 bits per heavy atom. The van der Waals surface area contributed by atoms with Crippen molar-refractivity contribution in [1.29, 1.82) is 0 Å². The molecule has 2 rings (SSSR count). The van der Waals surface area contributed by atoms with Gasteiger partial charge in [-0.2, -0.15) is 9.29 Å². The Balaban J connectivity index is 1.85. The maximum atomic E-state index is 12.8. The molecule has 1 aliphatic rings. The summed E-state index contributed by atoms with van der Waals surface area (Å²) in [5.41, 5.74) is 4.57. The molecular weight excluding hydrogens is 924 g/mol. The van der Waals surface area contributed by atoms with Gasteiger partial charge >= 0.3 is 33.3 Å². The molecule has 0 radical (unpaired) electrons. The number of aliphatic hydroxyl groups is 3. The highest BCUT2D eigenvalue weighted by Gasteiger charge is 2.46. The van der Waals surface area contributed by atoms with Gasteiger partial charge in [0.05, 0.1) is 19.3 Å². The molecule has 0 amide bonds. The van der Waals surface area contributed by atoms with E-state index in [4.69, 9.17) is 29.0 Å². The van der Waals surface area contributed by atoms with E-state index in [1.807, 2.05) is 30.4 Å². The first-order chi connectivity index (χ1) is 32.5. The van der Waals surface area contributed by atoms with Crippen molar-refractivity contribution in [2.75, 3.05) is 25.6 Å². The standard InChI is InChI=1S/C47H79N3O16P2/c1-4-6-28-38(51)29-24-20-16-11-9-7-8-10-12-17-21-25-30-42(52)61-34-39(64-43(53)31-26-22-18-14-13-15-19-23-27-37(3)5-2)35-62-67(57,58)66-68(59,60)63-36-40-44(54)45(55)46(65-40)50-33-32-41(48)49-47(50)56/h7-8,11-12,16-17,24,29,32-33,37-40,44-46,51,54-55H,4-6,9-10,13-15,18-23,25-28,30-31,34-36H2,1-3H3,(H,57,58)(H,59,60)(H2,48,49,56)/b8-7-,16-11-,17-12-,29-24-/t37?,38-,39+,40+,44+,45+,46+/m0/s1. The molecule has 2 heterocycles. The zero-order valence-corrected chi connectivity index (χ0v) is 42.0. The third-order valence-electron chi connectivity index (χ3n) is 11.0. The normalized spacial score (nSPS) is 20.8. The van der Waals surface area contributed by atoms with Crippen molar-refractivity contribution in [2.24, 2.45) is 5.92 Å². The molecule has 21 heteroatoms. The largest absolute Gasteiger partial charge is 0.481 e. The van der Waals surface area contributed by atoms with E-state index in [0.29, 0.717) is 19.3 Å². The van der Waals surface area contributed by atoms with Crippen molar-refractivity contribution in [3.8, 4) is 0 Å². The molecule has 1 aliphatic heterocycles. The first-order valence-electron chi connectivity index (χ1n) is 24.1. The van der Waals surface area contributed by atoms with Crippen molar-refractivity contribution in [3.63, 3.8) is 0 Å². The van der Waals surface area contributed by atoms with E-state index in [0.717, 1.165) is 80.9 Å². The number of anilines is 1. The van der Waals surface area contributed by atoms with Gasteiger partial charge in [-0.05, 0) is 56.9 Å². The summed E-state index contributed by atoms with van der Waals surface area (Å²) in [6.07, 6.45) is 25.6. The highest BCUT2D eigenvalue weighted by atomic mass is 31.3. The smallest absolute Gasteiger partial charge is 0.462 e. The van der Waals surface area contributed by atoms with Crippen LogP contribution in [0.1, 0.15) is 155 Å². The van der Waals surface area contributed by atoms with E-state index in [-0.39, 0.29) is 24.8 Å². The lowest BCUT2D eigenvalue weighted by Crippen LogP contribution is -2.36. The molecule has 19 nitrogen and oxygen atoms in total. The lowest BCUT2D eigenvalue weighted by molar-refractivity contribution is -0.161. The first kappa shape index (κ1) is 60.8. The Morgan fingerprint density at radius 2 is 1.41 bits per heavy atom. The zero-order chi connectivity index (χ0) is 50.2. The molecule has 0 spiro atoms. The summed E-state index contributed by atoms with van der Waals surface area (Å²) in [7, 11) is -10.9. The fourth-order valence-electron chi connectivity index (χ4n) is 6.83. The first-order valence-corrected chi connectivity index (χ1v) is 27.1. The molecule has 0 bridgehead atoms. The average molecular weight is 1000 g/mol. The number of esters is 2. The van der Waals surface area contributed by atoms with Gasteiger partial charge in [0.15, 0.2) is 12.3 Å². The van der Waals surface area contributed by atoms with Gasteiger partial charge in [0.1, 0.15) is 30.7 Å². The number of hydrogen-bond acceptors (Lipinski definition) is 16. The number of carbonyl (C=O) groups excluding carboxylic acids is 2. The van der Waals surface area contributed by atoms with Gasteiger partial charge in [-0.15, -0.1) is 0 Å². The number of carbonyl (C=O) groups is 2. The fourth-order valence-corrected chi connectivity index (χ4v) is 8.94. The molecule has 388 valence electrons. The van der Waals surface area contributed by atoms with Crippen molar-refractivity contribution in [2.45, 2.75) is 186 Å². The van der Waals surface area contributed by atoms with Gasteiger partial charge < -0.3 is 45.1 Å². The Bertz CT molecular complexity index is 1860. The van der Waals surface area contributed by atoms with Gasteiger partial charge in [-0.25, -0.2) is 13.9 Å². The van der Waals surface area contributed by atoms with E-state index < -0.39 is 83.7 Å². The summed E-state index contributed by atoms with van der Waals surface area (Å²) in [4.78, 5) is 61.7. The van der Waals surface area contributed by atoms with Crippen molar-refractivity contribution < 1.29 is 71.4 Å². The Morgan fingerprint density at radius 1 is 0.809 bits per heavy atom. The number of rotatable bonds is 38. The van der Waals surface area contributed by atoms with E-state index in [2.05, 4.69) is 48.3 Å². The van der Waals surface area contributed by atoms with Crippen molar-refractivity contribution in [1.82, 2.24) is 9.55 Å². The Kier molecular flexibility index (Phi) is 31.2. The second-order valence-electron chi connectivity index (χ2n) is 17.0. The number of unbranched alkanes of at least 4 members (excludes halogenated alkanes) is 9. The number of allylic oxidation sites excluding steroid dienone is 7. The molecule has 7 N–H and O–H groups in total. The molecule has 3 unspecified atom stereocenters. The van der Waals surface area contributed by atoms with Crippen LogP contribution >= 0.6 is 15.6 Å². The molecule has 0 saturated carbocycles. The summed E-state index contributed by atoms with van der Waals surface area (Å²) in [6, 6.07) is 1.24. The molecular formula is C47H79N3O16P2. The van der Waals surface area contributed by atoms with Crippen LogP contribution in [0.5, 0.6) is 0 Å². The summed E-state index contributed by atoms with van der Waals surface area (Å²) < 4.78 is 56.6. The molecule has 1 fully saturated rings. The minimum absolute atomic E-state index is 0.0291. The van der Waals surface area contributed by atoms with Gasteiger partial charge in [-0.3, -0.25) is 23.2 Å². The third kappa shape index (κ3) is 27.8.